The lowest BCUT2D eigenvalue weighted by molar-refractivity contribution is 0.310. The summed E-state index contributed by atoms with van der Waals surface area (Å²) < 4.78 is 31.5. The predicted molar refractivity (Wildman–Crippen MR) is 81.5 cm³/mol. The standard InChI is InChI=1S/C12H17ClN2O3S.ClH/c1-9-8-15(6-5-14-9)19(16,17)10-3-4-12(18-2)11(13)7-10;/h3-4,7,9,14H,5-6,8H2,1-2H3;1H. The molecule has 1 aromatic rings. The van der Waals surface area contributed by atoms with Gasteiger partial charge in [0.2, 0.25) is 10.0 Å². The van der Waals surface area contributed by atoms with Crippen molar-refractivity contribution >= 4 is 34.0 Å². The maximum absolute atomic E-state index is 12.5. The minimum Gasteiger partial charge on any atom is -0.495 e. The topological polar surface area (TPSA) is 58.6 Å². The molecule has 1 unspecified atom stereocenters. The zero-order valence-electron chi connectivity index (χ0n) is 11.3. The van der Waals surface area contributed by atoms with E-state index in [1.165, 1.54) is 23.5 Å². The van der Waals surface area contributed by atoms with Crippen molar-refractivity contribution in [3.05, 3.63) is 23.2 Å². The van der Waals surface area contributed by atoms with Crippen molar-refractivity contribution in [1.29, 1.82) is 0 Å². The van der Waals surface area contributed by atoms with Gasteiger partial charge in [-0.1, -0.05) is 11.6 Å². The third kappa shape index (κ3) is 3.56. The van der Waals surface area contributed by atoms with Gasteiger partial charge in [-0.15, -0.1) is 12.4 Å². The first kappa shape index (κ1) is 17.5. The molecule has 0 amide bonds. The molecule has 0 aromatic heterocycles. The van der Waals surface area contributed by atoms with Crippen molar-refractivity contribution in [3.8, 4) is 5.75 Å². The highest BCUT2D eigenvalue weighted by molar-refractivity contribution is 7.89. The molecule has 1 atom stereocenters. The predicted octanol–water partition coefficient (Wildman–Crippen LogP) is 1.75. The molecule has 2 rings (SSSR count). The summed E-state index contributed by atoms with van der Waals surface area (Å²) in [6.45, 7) is 3.55. The lowest BCUT2D eigenvalue weighted by Crippen LogP contribution is -2.51. The van der Waals surface area contributed by atoms with E-state index in [0.29, 0.717) is 30.4 Å². The van der Waals surface area contributed by atoms with Crippen LogP contribution in [0.4, 0.5) is 0 Å². The molecule has 0 spiro atoms. The summed E-state index contributed by atoms with van der Waals surface area (Å²) in [4.78, 5) is 0.201. The Kier molecular flexibility index (Phi) is 6.09. The Balaban J connectivity index is 0.00000200. The van der Waals surface area contributed by atoms with E-state index in [0.717, 1.165) is 0 Å². The summed E-state index contributed by atoms with van der Waals surface area (Å²) in [5.74, 6) is 0.467. The van der Waals surface area contributed by atoms with E-state index < -0.39 is 10.0 Å². The number of methoxy groups -OCH3 is 1. The van der Waals surface area contributed by atoms with Crippen LogP contribution in [0, 0.1) is 0 Å². The number of hydrogen-bond donors (Lipinski definition) is 1. The van der Waals surface area contributed by atoms with E-state index in [1.807, 2.05) is 6.92 Å². The SMILES string of the molecule is COc1ccc(S(=O)(=O)N2CCNC(C)C2)cc1Cl.Cl. The molecule has 1 aromatic carbocycles. The van der Waals surface area contributed by atoms with Gasteiger partial charge in [-0.2, -0.15) is 4.31 Å². The van der Waals surface area contributed by atoms with Crippen LogP contribution in [-0.2, 0) is 10.0 Å². The number of rotatable bonds is 3. The van der Waals surface area contributed by atoms with E-state index in [9.17, 15) is 8.42 Å². The Hall–Kier alpha value is -0.530. The summed E-state index contributed by atoms with van der Waals surface area (Å²) in [5, 5.41) is 3.51. The van der Waals surface area contributed by atoms with Gasteiger partial charge < -0.3 is 10.1 Å². The molecule has 20 heavy (non-hydrogen) atoms. The molecule has 114 valence electrons. The van der Waals surface area contributed by atoms with Crippen LogP contribution in [-0.4, -0.2) is 45.5 Å². The first-order chi connectivity index (χ1) is 8.95. The fourth-order valence-corrected chi connectivity index (χ4v) is 3.95. The van der Waals surface area contributed by atoms with Gasteiger partial charge in [0, 0.05) is 25.7 Å². The Morgan fingerprint density at radius 1 is 1.45 bits per heavy atom. The van der Waals surface area contributed by atoms with Gasteiger partial charge in [0.1, 0.15) is 5.75 Å². The summed E-state index contributed by atoms with van der Waals surface area (Å²) in [5.41, 5.74) is 0. The van der Waals surface area contributed by atoms with Gasteiger partial charge in [0.05, 0.1) is 17.0 Å². The number of nitrogens with zero attached hydrogens (tertiary/aromatic N) is 1. The highest BCUT2D eigenvalue weighted by atomic mass is 35.5. The Morgan fingerprint density at radius 2 is 2.15 bits per heavy atom. The molecule has 1 N–H and O–H groups in total. The molecule has 1 aliphatic heterocycles. The first-order valence-electron chi connectivity index (χ1n) is 6.02. The normalized spacial score (nSPS) is 20.2. The summed E-state index contributed by atoms with van der Waals surface area (Å²) in [7, 11) is -2.00. The van der Waals surface area contributed by atoms with Crippen LogP contribution in [0.2, 0.25) is 5.02 Å². The molecule has 0 aliphatic carbocycles. The van der Waals surface area contributed by atoms with Gasteiger partial charge in [-0.25, -0.2) is 8.42 Å². The van der Waals surface area contributed by atoms with Crippen molar-refractivity contribution < 1.29 is 13.2 Å². The van der Waals surface area contributed by atoms with Gasteiger partial charge >= 0.3 is 0 Å². The van der Waals surface area contributed by atoms with Gasteiger partial charge in [-0.3, -0.25) is 0 Å². The third-order valence-corrected chi connectivity index (χ3v) is 5.25. The molecule has 1 saturated heterocycles. The van der Waals surface area contributed by atoms with Crippen LogP contribution in [0.15, 0.2) is 23.1 Å². The maximum Gasteiger partial charge on any atom is 0.243 e. The average molecular weight is 341 g/mol. The van der Waals surface area contributed by atoms with Crippen molar-refractivity contribution in [1.82, 2.24) is 9.62 Å². The number of ether oxygens (including phenoxy) is 1. The Bertz CT molecular complexity index is 566. The molecule has 0 saturated carbocycles. The lowest BCUT2D eigenvalue weighted by Gasteiger charge is -2.31. The largest absolute Gasteiger partial charge is 0.495 e. The third-order valence-electron chi connectivity index (χ3n) is 3.09. The van der Waals surface area contributed by atoms with Crippen LogP contribution in [0.5, 0.6) is 5.75 Å². The highest BCUT2D eigenvalue weighted by Gasteiger charge is 2.28. The molecule has 5 nitrogen and oxygen atoms in total. The van der Waals surface area contributed by atoms with E-state index in [4.69, 9.17) is 16.3 Å². The Morgan fingerprint density at radius 3 is 2.70 bits per heavy atom. The average Bonchev–Trinajstić information content (AvgIpc) is 2.38. The van der Waals surface area contributed by atoms with Crippen molar-refractivity contribution in [2.45, 2.75) is 17.9 Å². The Labute approximate surface area is 130 Å². The van der Waals surface area contributed by atoms with Gasteiger partial charge in [0.25, 0.3) is 0 Å². The molecule has 8 heteroatoms. The van der Waals surface area contributed by atoms with Crippen LogP contribution in [0.25, 0.3) is 0 Å². The highest BCUT2D eigenvalue weighted by Crippen LogP contribution is 2.28. The van der Waals surface area contributed by atoms with E-state index >= 15 is 0 Å². The number of piperazine rings is 1. The molecule has 1 aliphatic rings. The maximum atomic E-state index is 12.5. The van der Waals surface area contributed by atoms with Gasteiger partial charge in [-0.05, 0) is 25.1 Å². The summed E-state index contributed by atoms with van der Waals surface area (Å²) in [6.07, 6.45) is 0. The molecule has 1 heterocycles. The first-order valence-corrected chi connectivity index (χ1v) is 7.84. The number of nitrogens with one attached hydrogen (secondary N) is 1. The minimum atomic E-state index is -3.49. The number of benzene rings is 1. The van der Waals surface area contributed by atoms with Crippen LogP contribution < -0.4 is 10.1 Å². The fourth-order valence-electron chi connectivity index (χ4n) is 2.07. The molecular weight excluding hydrogens is 323 g/mol. The van der Waals surface area contributed by atoms with Crippen LogP contribution in [0.3, 0.4) is 0 Å². The zero-order valence-corrected chi connectivity index (χ0v) is 13.7. The number of hydrogen-bond acceptors (Lipinski definition) is 4. The van der Waals surface area contributed by atoms with Crippen molar-refractivity contribution in [2.75, 3.05) is 26.7 Å². The smallest absolute Gasteiger partial charge is 0.243 e. The molecule has 0 bridgehead atoms. The second-order valence-corrected chi connectivity index (χ2v) is 6.86. The monoisotopic (exact) mass is 340 g/mol. The fraction of sp³-hybridized carbons (Fsp3) is 0.500. The van der Waals surface area contributed by atoms with Crippen molar-refractivity contribution in [3.63, 3.8) is 0 Å². The zero-order chi connectivity index (χ0) is 14.0. The van der Waals surface area contributed by atoms with E-state index in [2.05, 4.69) is 5.32 Å². The second kappa shape index (κ2) is 6.95. The molecule has 0 radical (unpaired) electrons. The van der Waals surface area contributed by atoms with Crippen molar-refractivity contribution in [2.24, 2.45) is 0 Å². The molecule has 1 fully saturated rings. The second-order valence-electron chi connectivity index (χ2n) is 4.51. The number of sulfonamides is 1. The van der Waals surface area contributed by atoms with Crippen LogP contribution in [0.1, 0.15) is 6.92 Å². The van der Waals surface area contributed by atoms with Crippen LogP contribution >= 0.6 is 24.0 Å². The molecular formula is C12H18Cl2N2O3S. The summed E-state index contributed by atoms with van der Waals surface area (Å²) >= 11 is 5.98. The minimum absolute atomic E-state index is 0. The quantitative estimate of drug-likeness (QED) is 0.910. The van der Waals surface area contributed by atoms with E-state index in [1.54, 1.807) is 6.07 Å². The summed E-state index contributed by atoms with van der Waals surface area (Å²) in [6, 6.07) is 4.67. The van der Waals surface area contributed by atoms with E-state index in [-0.39, 0.29) is 23.3 Å². The number of halogens is 2. The van der Waals surface area contributed by atoms with Gasteiger partial charge in [0.15, 0.2) is 0 Å². The lowest BCUT2D eigenvalue weighted by atomic mass is 10.3.